The third-order valence-corrected chi connectivity index (χ3v) is 4.35. The van der Waals surface area contributed by atoms with Gasteiger partial charge in [-0.3, -0.25) is 0 Å². The average Bonchev–Trinajstić information content (AvgIpc) is 2.56. The molecule has 5 nitrogen and oxygen atoms in total. The minimum Gasteiger partial charge on any atom is -0.394 e. The molecule has 3 N–H and O–H groups in total. The van der Waals surface area contributed by atoms with E-state index < -0.39 is 24.4 Å². The molecular weight excluding hydrogens is 296 g/mol. The van der Waals surface area contributed by atoms with Crippen molar-refractivity contribution in [1.82, 2.24) is 0 Å². The van der Waals surface area contributed by atoms with E-state index in [2.05, 4.69) is 19.1 Å². The van der Waals surface area contributed by atoms with Gasteiger partial charge in [-0.05, 0) is 26.2 Å². The van der Waals surface area contributed by atoms with Crippen LogP contribution in [0.4, 0.5) is 0 Å². The Balaban J connectivity index is 1.95. The largest absolute Gasteiger partial charge is 0.394 e. The molecule has 4 atom stereocenters. The van der Waals surface area contributed by atoms with Gasteiger partial charge >= 0.3 is 0 Å². The van der Waals surface area contributed by atoms with Gasteiger partial charge in [-0.2, -0.15) is 0 Å². The minimum atomic E-state index is -1.08. The van der Waals surface area contributed by atoms with Crippen LogP contribution in [-0.2, 0) is 9.47 Å². The lowest BCUT2D eigenvalue weighted by Gasteiger charge is -2.36. The summed E-state index contributed by atoms with van der Waals surface area (Å²) >= 11 is 0. The first kappa shape index (κ1) is 20.6. The third-order valence-electron chi connectivity index (χ3n) is 4.35. The van der Waals surface area contributed by atoms with E-state index >= 15 is 0 Å². The number of rotatable bonds is 12. The molecule has 0 radical (unpaired) electrons. The Labute approximate surface area is 140 Å². The lowest BCUT2D eigenvalue weighted by atomic mass is 10.0. The number of allylic oxidation sites excluding steroid dienone is 2. The highest BCUT2D eigenvalue weighted by molar-refractivity contribution is 4.87. The molecule has 5 heteroatoms. The maximum absolute atomic E-state index is 9.93. The fourth-order valence-corrected chi connectivity index (χ4v) is 2.81. The molecule has 0 unspecified atom stereocenters. The number of hydrogen-bond acceptors (Lipinski definition) is 5. The molecule has 0 aliphatic carbocycles. The van der Waals surface area contributed by atoms with E-state index in [1.165, 1.54) is 38.5 Å². The second-order valence-corrected chi connectivity index (χ2v) is 6.28. The zero-order valence-electron chi connectivity index (χ0n) is 14.4. The molecule has 1 aliphatic heterocycles. The zero-order valence-corrected chi connectivity index (χ0v) is 14.4. The molecule has 0 aromatic heterocycles. The van der Waals surface area contributed by atoms with E-state index in [1.807, 2.05) is 0 Å². The van der Waals surface area contributed by atoms with Crippen LogP contribution in [0.3, 0.4) is 0 Å². The van der Waals surface area contributed by atoms with E-state index in [0.717, 1.165) is 12.8 Å². The van der Waals surface area contributed by atoms with Gasteiger partial charge in [0.1, 0.15) is 24.4 Å². The summed E-state index contributed by atoms with van der Waals surface area (Å²) in [7, 11) is 0. The van der Waals surface area contributed by atoms with Crippen LogP contribution in [-0.4, -0.2) is 59.6 Å². The number of ether oxygens (including phenoxy) is 2. The lowest BCUT2D eigenvalue weighted by molar-refractivity contribution is -0.208. The molecule has 1 saturated heterocycles. The monoisotopic (exact) mass is 330 g/mol. The number of aliphatic hydroxyl groups excluding tert-OH is 3. The summed E-state index contributed by atoms with van der Waals surface area (Å²) in [6.45, 7) is 2.56. The topological polar surface area (TPSA) is 79.2 Å². The Morgan fingerprint density at radius 3 is 2.30 bits per heavy atom. The predicted molar refractivity (Wildman–Crippen MR) is 90.3 cm³/mol. The second kappa shape index (κ2) is 12.9. The molecule has 23 heavy (non-hydrogen) atoms. The molecule has 0 saturated carbocycles. The highest BCUT2D eigenvalue weighted by atomic mass is 16.6. The Morgan fingerprint density at radius 1 is 1.00 bits per heavy atom. The fourth-order valence-electron chi connectivity index (χ4n) is 2.81. The second-order valence-electron chi connectivity index (χ2n) is 6.28. The number of aliphatic hydroxyl groups is 3. The van der Waals surface area contributed by atoms with Gasteiger partial charge in [0, 0.05) is 6.61 Å². The molecule has 136 valence electrons. The molecule has 1 aliphatic rings. The molecule has 0 bridgehead atoms. The van der Waals surface area contributed by atoms with Crippen molar-refractivity contribution in [2.24, 2.45) is 0 Å². The Hall–Kier alpha value is -0.460. The molecule has 0 aromatic rings. The highest BCUT2D eigenvalue weighted by Gasteiger charge is 2.38. The summed E-state index contributed by atoms with van der Waals surface area (Å²) in [6, 6.07) is 0. The molecule has 1 heterocycles. The maximum atomic E-state index is 9.93. The van der Waals surface area contributed by atoms with Crippen LogP contribution < -0.4 is 0 Å². The maximum Gasteiger partial charge on any atom is 0.111 e. The highest BCUT2D eigenvalue weighted by Crippen LogP contribution is 2.18. The van der Waals surface area contributed by atoms with E-state index in [0.29, 0.717) is 6.61 Å². The number of unbranched alkanes of at least 4 members (excludes halogenated alkanes) is 7. The summed E-state index contributed by atoms with van der Waals surface area (Å²) < 4.78 is 10.9. The van der Waals surface area contributed by atoms with Crippen molar-refractivity contribution < 1.29 is 24.8 Å². The standard InChI is InChI=1S/C18H34O5/c1-2-3-4-5-6-7-8-9-10-11-12-22-16-14-23-15(13-19)17(20)18(16)21/h2-3,15-21H,4-14H2,1H3/b3-2+/t15-,16+,17-,18-/m1/s1. The molecular formula is C18H34O5. The van der Waals surface area contributed by atoms with Gasteiger partial charge < -0.3 is 24.8 Å². The van der Waals surface area contributed by atoms with E-state index in [1.54, 1.807) is 0 Å². The summed E-state index contributed by atoms with van der Waals surface area (Å²) in [5.41, 5.74) is 0. The summed E-state index contributed by atoms with van der Waals surface area (Å²) in [5, 5.41) is 28.7. The van der Waals surface area contributed by atoms with Gasteiger partial charge in [-0.1, -0.05) is 44.3 Å². The molecule has 0 aromatic carbocycles. The van der Waals surface area contributed by atoms with Gasteiger partial charge in [0.2, 0.25) is 0 Å². The van der Waals surface area contributed by atoms with Gasteiger partial charge in [0.15, 0.2) is 0 Å². The fraction of sp³-hybridized carbons (Fsp3) is 0.889. The van der Waals surface area contributed by atoms with E-state index in [4.69, 9.17) is 14.6 Å². The zero-order chi connectivity index (χ0) is 16.9. The van der Waals surface area contributed by atoms with E-state index in [-0.39, 0.29) is 13.2 Å². The van der Waals surface area contributed by atoms with Gasteiger partial charge in [-0.25, -0.2) is 0 Å². The van der Waals surface area contributed by atoms with Crippen molar-refractivity contribution in [2.75, 3.05) is 19.8 Å². The van der Waals surface area contributed by atoms with Crippen LogP contribution in [0.2, 0.25) is 0 Å². The normalized spacial score (nSPS) is 28.5. The molecule has 0 spiro atoms. The minimum absolute atomic E-state index is 0.218. The van der Waals surface area contributed by atoms with Crippen molar-refractivity contribution in [2.45, 2.75) is 82.7 Å². The van der Waals surface area contributed by atoms with Crippen LogP contribution in [0.25, 0.3) is 0 Å². The third kappa shape index (κ3) is 8.27. The molecule has 0 amide bonds. The van der Waals surface area contributed by atoms with E-state index in [9.17, 15) is 10.2 Å². The van der Waals surface area contributed by atoms with Gasteiger partial charge in [0.05, 0.1) is 13.2 Å². The Bertz CT molecular complexity index is 308. The van der Waals surface area contributed by atoms with Crippen LogP contribution >= 0.6 is 0 Å². The smallest absolute Gasteiger partial charge is 0.111 e. The first-order valence-corrected chi connectivity index (χ1v) is 9.02. The first-order valence-electron chi connectivity index (χ1n) is 9.02. The van der Waals surface area contributed by atoms with Crippen LogP contribution in [0.5, 0.6) is 0 Å². The van der Waals surface area contributed by atoms with Crippen LogP contribution in [0.1, 0.15) is 58.3 Å². The molecule has 1 rings (SSSR count). The van der Waals surface area contributed by atoms with Crippen molar-refractivity contribution >= 4 is 0 Å². The average molecular weight is 330 g/mol. The van der Waals surface area contributed by atoms with Crippen molar-refractivity contribution in [1.29, 1.82) is 0 Å². The van der Waals surface area contributed by atoms with Crippen molar-refractivity contribution in [3.63, 3.8) is 0 Å². The van der Waals surface area contributed by atoms with Crippen LogP contribution in [0.15, 0.2) is 12.2 Å². The molecule has 1 fully saturated rings. The predicted octanol–water partition coefficient (Wildman–Crippen LogP) is 2.18. The van der Waals surface area contributed by atoms with Crippen LogP contribution in [0, 0.1) is 0 Å². The Kier molecular flexibility index (Phi) is 11.5. The van der Waals surface area contributed by atoms with Gasteiger partial charge in [0.25, 0.3) is 0 Å². The summed E-state index contributed by atoms with van der Waals surface area (Å²) in [4.78, 5) is 0. The lowest BCUT2D eigenvalue weighted by Crippen LogP contribution is -2.55. The summed E-state index contributed by atoms with van der Waals surface area (Å²) in [6.07, 6.45) is 10.7. The van der Waals surface area contributed by atoms with Gasteiger partial charge in [-0.15, -0.1) is 0 Å². The Morgan fingerprint density at radius 2 is 1.65 bits per heavy atom. The summed E-state index contributed by atoms with van der Waals surface area (Å²) in [5.74, 6) is 0. The van der Waals surface area contributed by atoms with Crippen molar-refractivity contribution in [3.8, 4) is 0 Å². The van der Waals surface area contributed by atoms with Crippen molar-refractivity contribution in [3.05, 3.63) is 12.2 Å². The SMILES string of the molecule is C/C=C/CCCCCCCCCO[C@H]1CO[C@H](CO)[C@@H](O)[C@@H]1O. The quantitative estimate of drug-likeness (QED) is 0.377. The number of hydrogen-bond donors (Lipinski definition) is 3. The first-order chi connectivity index (χ1) is 11.2.